The van der Waals surface area contributed by atoms with Crippen molar-refractivity contribution in [1.29, 1.82) is 0 Å². The predicted octanol–water partition coefficient (Wildman–Crippen LogP) is 4.19. The summed E-state index contributed by atoms with van der Waals surface area (Å²) < 4.78 is 13.8. The van der Waals surface area contributed by atoms with Gasteiger partial charge in [0.25, 0.3) is 0 Å². The summed E-state index contributed by atoms with van der Waals surface area (Å²) >= 11 is 3.52. The predicted molar refractivity (Wildman–Crippen MR) is 112 cm³/mol. The van der Waals surface area contributed by atoms with Crippen LogP contribution in [0.1, 0.15) is 24.1 Å². The zero-order valence-electron chi connectivity index (χ0n) is 15.9. The lowest BCUT2D eigenvalue weighted by Gasteiger charge is -2.29. The van der Waals surface area contributed by atoms with Crippen LogP contribution in [0.2, 0.25) is 0 Å². The molecule has 148 valence electrons. The molecule has 0 saturated heterocycles. The van der Waals surface area contributed by atoms with Gasteiger partial charge >= 0.3 is 5.97 Å². The van der Waals surface area contributed by atoms with Crippen LogP contribution in [0.4, 0.5) is 5.95 Å². The molecule has 1 unspecified atom stereocenters. The van der Waals surface area contributed by atoms with Crippen molar-refractivity contribution in [2.45, 2.75) is 19.6 Å². The van der Waals surface area contributed by atoms with Crippen molar-refractivity contribution in [3.8, 4) is 5.75 Å². The lowest BCUT2D eigenvalue weighted by Crippen LogP contribution is -2.28. The molecule has 0 bridgehead atoms. The van der Waals surface area contributed by atoms with Gasteiger partial charge in [-0.25, -0.2) is 4.79 Å². The van der Waals surface area contributed by atoms with Gasteiger partial charge in [-0.05, 0) is 30.7 Å². The van der Waals surface area contributed by atoms with Crippen LogP contribution >= 0.6 is 15.9 Å². The monoisotopic (exact) mass is 454 g/mol. The molecule has 29 heavy (non-hydrogen) atoms. The molecule has 4 rings (SSSR count). The van der Waals surface area contributed by atoms with Gasteiger partial charge in [0, 0.05) is 15.7 Å². The number of fused-ring (bicyclic) bond motifs is 1. The minimum absolute atomic E-state index is 0.411. The first-order valence-corrected chi connectivity index (χ1v) is 9.80. The van der Waals surface area contributed by atoms with Gasteiger partial charge in [0.15, 0.2) is 0 Å². The minimum atomic E-state index is -0.498. The standard InChI is InChI=1S/C21H19BrN4O3/c1-13-18(20(27)28-2)19(24-21-25-23-12-26(13)21)16-10-15(22)8-9-17(16)29-11-14-6-4-3-5-7-14/h3-10,12,19H,11H2,1-2H3,(H,24,25). The number of allylic oxidation sites excluding steroid dienone is 1. The summed E-state index contributed by atoms with van der Waals surface area (Å²) in [7, 11) is 1.37. The number of esters is 1. The third kappa shape index (κ3) is 3.75. The molecule has 0 saturated carbocycles. The van der Waals surface area contributed by atoms with Gasteiger partial charge < -0.3 is 14.8 Å². The lowest BCUT2D eigenvalue weighted by atomic mass is 9.95. The second-order valence-corrected chi connectivity index (χ2v) is 7.46. The summed E-state index contributed by atoms with van der Waals surface area (Å²) in [6.07, 6.45) is 1.56. The second-order valence-electron chi connectivity index (χ2n) is 6.55. The maximum absolute atomic E-state index is 12.6. The Balaban J connectivity index is 1.75. The fourth-order valence-electron chi connectivity index (χ4n) is 3.34. The van der Waals surface area contributed by atoms with Crippen LogP contribution < -0.4 is 10.1 Å². The number of rotatable bonds is 5. The Morgan fingerprint density at radius 1 is 1.24 bits per heavy atom. The first-order valence-electron chi connectivity index (χ1n) is 9.00. The number of aromatic nitrogens is 3. The smallest absolute Gasteiger partial charge is 0.337 e. The molecule has 2 heterocycles. The molecule has 0 amide bonds. The molecular weight excluding hydrogens is 436 g/mol. The molecule has 1 aliphatic heterocycles. The van der Waals surface area contributed by atoms with E-state index in [9.17, 15) is 4.79 Å². The number of anilines is 1. The maximum Gasteiger partial charge on any atom is 0.337 e. The van der Waals surface area contributed by atoms with Crippen molar-refractivity contribution >= 4 is 33.5 Å². The van der Waals surface area contributed by atoms with Gasteiger partial charge in [0.05, 0.1) is 18.7 Å². The van der Waals surface area contributed by atoms with Crippen molar-refractivity contribution < 1.29 is 14.3 Å². The molecule has 0 fully saturated rings. The fraction of sp³-hybridized carbons (Fsp3) is 0.190. The molecule has 1 N–H and O–H groups in total. The number of nitrogens with zero attached hydrogens (tertiary/aromatic N) is 3. The highest BCUT2D eigenvalue weighted by molar-refractivity contribution is 9.10. The number of hydrogen-bond acceptors (Lipinski definition) is 6. The number of halogens is 1. The molecule has 0 radical (unpaired) electrons. The summed E-state index contributed by atoms with van der Waals surface area (Å²) in [6, 6.07) is 15.1. The van der Waals surface area contributed by atoms with Crippen molar-refractivity contribution in [2.75, 3.05) is 12.4 Å². The van der Waals surface area contributed by atoms with Crippen LogP contribution in [0, 0.1) is 0 Å². The van der Waals surface area contributed by atoms with E-state index in [1.165, 1.54) is 7.11 Å². The van der Waals surface area contributed by atoms with E-state index in [2.05, 4.69) is 31.4 Å². The van der Waals surface area contributed by atoms with Crippen LogP contribution in [0.3, 0.4) is 0 Å². The highest BCUT2D eigenvalue weighted by atomic mass is 79.9. The Labute approximate surface area is 176 Å². The molecule has 0 spiro atoms. The number of benzene rings is 2. The van der Waals surface area contributed by atoms with E-state index in [1.807, 2.05) is 55.5 Å². The quantitative estimate of drug-likeness (QED) is 0.582. The van der Waals surface area contributed by atoms with E-state index in [-0.39, 0.29) is 0 Å². The highest BCUT2D eigenvalue weighted by Crippen LogP contribution is 2.40. The van der Waals surface area contributed by atoms with Gasteiger partial charge in [-0.15, -0.1) is 10.2 Å². The van der Waals surface area contributed by atoms with Gasteiger partial charge in [0.2, 0.25) is 5.95 Å². The minimum Gasteiger partial charge on any atom is -0.489 e. The summed E-state index contributed by atoms with van der Waals surface area (Å²) in [6.45, 7) is 2.25. The average Bonchev–Trinajstić information content (AvgIpc) is 3.22. The third-order valence-corrected chi connectivity index (χ3v) is 5.28. The maximum atomic E-state index is 12.6. The lowest BCUT2D eigenvalue weighted by molar-refractivity contribution is -0.136. The molecule has 2 aromatic carbocycles. The molecule has 0 aliphatic carbocycles. The molecule has 8 heteroatoms. The average molecular weight is 455 g/mol. The Bertz CT molecular complexity index is 1080. The van der Waals surface area contributed by atoms with Gasteiger partial charge in [-0.3, -0.25) is 4.57 Å². The molecule has 1 aromatic heterocycles. The van der Waals surface area contributed by atoms with Crippen LogP contribution in [0.25, 0.3) is 5.70 Å². The molecule has 7 nitrogen and oxygen atoms in total. The van der Waals surface area contributed by atoms with E-state index in [0.717, 1.165) is 15.6 Å². The van der Waals surface area contributed by atoms with Crippen molar-refractivity contribution in [3.63, 3.8) is 0 Å². The largest absolute Gasteiger partial charge is 0.489 e. The van der Waals surface area contributed by atoms with E-state index in [1.54, 1.807) is 10.9 Å². The Morgan fingerprint density at radius 3 is 2.79 bits per heavy atom. The van der Waals surface area contributed by atoms with Crippen molar-refractivity contribution in [3.05, 3.63) is 76.0 Å². The van der Waals surface area contributed by atoms with E-state index in [4.69, 9.17) is 9.47 Å². The Morgan fingerprint density at radius 2 is 2.03 bits per heavy atom. The zero-order chi connectivity index (χ0) is 20.4. The van der Waals surface area contributed by atoms with E-state index < -0.39 is 12.0 Å². The number of nitrogens with one attached hydrogen (secondary N) is 1. The second kappa shape index (κ2) is 8.08. The SMILES string of the molecule is COC(=O)C1=C(C)n2cnnc2NC1c1cc(Br)ccc1OCc1ccccc1. The first-order chi connectivity index (χ1) is 14.1. The molecule has 1 aliphatic rings. The van der Waals surface area contributed by atoms with Gasteiger partial charge in [-0.1, -0.05) is 46.3 Å². The summed E-state index contributed by atoms with van der Waals surface area (Å²) in [5.74, 6) is 0.791. The number of carbonyl (C=O) groups excluding carboxylic acids is 1. The Kier molecular flexibility index (Phi) is 5.35. The van der Waals surface area contributed by atoms with Crippen LogP contribution in [0.15, 0.2) is 64.9 Å². The van der Waals surface area contributed by atoms with E-state index >= 15 is 0 Å². The van der Waals surface area contributed by atoms with Crippen LogP contribution in [-0.4, -0.2) is 27.8 Å². The zero-order valence-corrected chi connectivity index (χ0v) is 17.5. The first kappa shape index (κ1) is 19.2. The van der Waals surface area contributed by atoms with Crippen LogP contribution in [0.5, 0.6) is 5.75 Å². The number of hydrogen-bond donors (Lipinski definition) is 1. The normalized spacial score (nSPS) is 15.5. The van der Waals surface area contributed by atoms with Gasteiger partial charge in [-0.2, -0.15) is 0 Å². The molecule has 3 aromatic rings. The van der Waals surface area contributed by atoms with Crippen LogP contribution in [-0.2, 0) is 16.1 Å². The third-order valence-electron chi connectivity index (χ3n) is 4.79. The van der Waals surface area contributed by atoms with E-state index in [0.29, 0.717) is 29.6 Å². The summed E-state index contributed by atoms with van der Waals surface area (Å²) in [5.41, 5.74) is 3.03. The number of methoxy groups -OCH3 is 1. The van der Waals surface area contributed by atoms with Crippen molar-refractivity contribution in [1.82, 2.24) is 14.8 Å². The fourth-order valence-corrected chi connectivity index (χ4v) is 3.72. The number of ether oxygens (including phenoxy) is 2. The van der Waals surface area contributed by atoms with Crippen molar-refractivity contribution in [2.24, 2.45) is 0 Å². The summed E-state index contributed by atoms with van der Waals surface area (Å²) in [5, 5.41) is 11.3. The number of carbonyl (C=O) groups is 1. The molecular formula is C21H19BrN4O3. The highest BCUT2D eigenvalue weighted by Gasteiger charge is 2.34. The topological polar surface area (TPSA) is 78.3 Å². The molecule has 1 atom stereocenters. The Hall–Kier alpha value is -3.13. The summed E-state index contributed by atoms with van der Waals surface area (Å²) in [4.78, 5) is 12.6. The van der Waals surface area contributed by atoms with Gasteiger partial charge in [0.1, 0.15) is 18.7 Å².